The summed E-state index contributed by atoms with van der Waals surface area (Å²) in [4.78, 5) is 23.3. The minimum absolute atomic E-state index is 0. The van der Waals surface area contributed by atoms with E-state index < -0.39 is 0 Å². The number of aromatic nitrogens is 5. The van der Waals surface area contributed by atoms with Gasteiger partial charge in [0.25, 0.3) is 0 Å². The number of anilines is 1. The Balaban J connectivity index is 0.00000272. The van der Waals surface area contributed by atoms with Crippen molar-refractivity contribution in [3.63, 3.8) is 0 Å². The Hall–Kier alpha value is -3.08. The number of hydrogen-bond donors (Lipinski definition) is 2. The Bertz CT molecular complexity index is 1280. The van der Waals surface area contributed by atoms with Crippen molar-refractivity contribution in [1.82, 2.24) is 24.3 Å². The van der Waals surface area contributed by atoms with Crippen molar-refractivity contribution in [3.05, 3.63) is 70.1 Å². The van der Waals surface area contributed by atoms with Crippen LogP contribution in [0.3, 0.4) is 0 Å². The number of halogens is 2. The fourth-order valence-corrected chi connectivity index (χ4v) is 4.02. The molecule has 0 saturated carbocycles. The summed E-state index contributed by atoms with van der Waals surface area (Å²) in [6, 6.07) is 10.0. The number of rotatable bonds is 7. The van der Waals surface area contributed by atoms with Crippen molar-refractivity contribution in [3.8, 4) is 10.4 Å². The predicted molar refractivity (Wildman–Crippen MR) is 123 cm³/mol. The van der Waals surface area contributed by atoms with E-state index in [1.165, 1.54) is 15.6 Å². The van der Waals surface area contributed by atoms with Gasteiger partial charge in [0, 0.05) is 34.9 Å². The van der Waals surface area contributed by atoms with Crippen LogP contribution in [0.2, 0.25) is 0 Å². The van der Waals surface area contributed by atoms with E-state index in [1.54, 1.807) is 24.6 Å². The molecule has 3 N–H and O–H groups in total. The van der Waals surface area contributed by atoms with Crippen LogP contribution in [0.1, 0.15) is 4.88 Å². The van der Waals surface area contributed by atoms with Gasteiger partial charge in [-0.15, -0.1) is 23.7 Å². The van der Waals surface area contributed by atoms with Gasteiger partial charge in [-0.25, -0.2) is 23.8 Å². The Morgan fingerprint density at radius 1 is 1.32 bits per heavy atom. The smallest absolute Gasteiger partial charge is 0.346 e. The zero-order valence-electron chi connectivity index (χ0n) is 16.7. The van der Waals surface area contributed by atoms with E-state index in [1.807, 2.05) is 30.3 Å². The molecule has 31 heavy (non-hydrogen) atoms. The van der Waals surface area contributed by atoms with Gasteiger partial charge < -0.3 is 11.1 Å². The number of nitrogens with two attached hydrogens (primary N) is 1. The monoisotopic (exact) mass is 461 g/mol. The predicted octanol–water partition coefficient (Wildman–Crippen LogP) is 3.04. The molecule has 0 spiro atoms. The summed E-state index contributed by atoms with van der Waals surface area (Å²) in [6.45, 7) is 0.475. The van der Waals surface area contributed by atoms with Crippen LogP contribution in [0.5, 0.6) is 0 Å². The summed E-state index contributed by atoms with van der Waals surface area (Å²) in [5, 5.41) is 7.94. The average Bonchev–Trinajstić information content (AvgIpc) is 3.38. The van der Waals surface area contributed by atoms with Crippen molar-refractivity contribution in [1.29, 1.82) is 0 Å². The zero-order valence-corrected chi connectivity index (χ0v) is 18.3. The molecule has 4 aromatic rings. The number of hydrogen-bond acceptors (Lipinski definition) is 7. The van der Waals surface area contributed by atoms with Crippen LogP contribution in [-0.2, 0) is 13.1 Å². The SMILES string of the molecule is CNc1ncc2cc(-c3ccc(Cn4cnn(C/C(=C/F)CN)c4=O)s3)ccc2n1.Cl. The molecule has 0 unspecified atom stereocenters. The van der Waals surface area contributed by atoms with Crippen LogP contribution in [0.25, 0.3) is 21.3 Å². The van der Waals surface area contributed by atoms with Gasteiger partial charge in [0.2, 0.25) is 5.95 Å². The molecule has 0 radical (unpaired) electrons. The van der Waals surface area contributed by atoms with Crippen LogP contribution >= 0.6 is 23.7 Å². The van der Waals surface area contributed by atoms with E-state index >= 15 is 0 Å². The highest BCUT2D eigenvalue weighted by Crippen LogP contribution is 2.30. The molecule has 0 amide bonds. The van der Waals surface area contributed by atoms with E-state index in [-0.39, 0.29) is 31.2 Å². The summed E-state index contributed by atoms with van der Waals surface area (Å²) in [5.74, 6) is 0.584. The Morgan fingerprint density at radius 3 is 2.90 bits per heavy atom. The molecule has 3 aromatic heterocycles. The van der Waals surface area contributed by atoms with Crippen molar-refractivity contribution in [2.75, 3.05) is 18.9 Å². The van der Waals surface area contributed by atoms with E-state index in [4.69, 9.17) is 5.73 Å². The van der Waals surface area contributed by atoms with Gasteiger partial charge in [0.15, 0.2) is 0 Å². The number of nitrogens with one attached hydrogen (secondary N) is 1. The summed E-state index contributed by atoms with van der Waals surface area (Å²) < 4.78 is 15.4. The van der Waals surface area contributed by atoms with Gasteiger partial charge in [-0.1, -0.05) is 6.07 Å². The zero-order chi connectivity index (χ0) is 21.1. The largest absolute Gasteiger partial charge is 0.357 e. The standard InChI is InChI=1S/C20H20FN7OS.ClH/c1-23-19-24-9-15-6-14(2-4-17(15)26-19)18-5-3-16(30-18)11-27-12-25-28(20(27)29)10-13(7-21)8-22;/h2-7,9,12H,8,10-11,22H2,1H3,(H,23,24,26);1H/b13-7+;. The van der Waals surface area contributed by atoms with Crippen LogP contribution in [-0.4, -0.2) is 37.9 Å². The first kappa shape index (κ1) is 22.6. The first-order chi connectivity index (χ1) is 14.6. The van der Waals surface area contributed by atoms with Crippen molar-refractivity contribution >= 4 is 40.6 Å². The third kappa shape index (κ3) is 4.82. The molecule has 0 atom stereocenters. The number of thiophene rings is 1. The van der Waals surface area contributed by atoms with Gasteiger partial charge in [-0.2, -0.15) is 5.10 Å². The Labute approximate surface area is 187 Å². The number of benzene rings is 1. The van der Waals surface area contributed by atoms with E-state index in [0.29, 0.717) is 24.4 Å². The summed E-state index contributed by atoms with van der Waals surface area (Å²) in [5.41, 5.74) is 7.38. The lowest BCUT2D eigenvalue weighted by Crippen LogP contribution is -2.26. The maximum atomic E-state index is 12.7. The molecule has 0 fully saturated rings. The van der Waals surface area contributed by atoms with Gasteiger partial charge in [0.1, 0.15) is 6.33 Å². The third-order valence-corrected chi connectivity index (χ3v) is 5.76. The summed E-state index contributed by atoms with van der Waals surface area (Å²) in [6.07, 6.45) is 3.67. The lowest BCUT2D eigenvalue weighted by atomic mass is 10.1. The lowest BCUT2D eigenvalue weighted by Gasteiger charge is -2.03. The quantitative estimate of drug-likeness (QED) is 0.438. The molecule has 11 heteroatoms. The van der Waals surface area contributed by atoms with Crippen molar-refractivity contribution in [2.45, 2.75) is 13.1 Å². The Kier molecular flexibility index (Phi) is 7.16. The molecular formula is C20H21ClFN7OS. The maximum absolute atomic E-state index is 12.7. The van der Waals surface area contributed by atoms with Gasteiger partial charge in [0.05, 0.1) is 24.9 Å². The van der Waals surface area contributed by atoms with Crippen LogP contribution in [0.15, 0.2) is 59.6 Å². The molecule has 0 aliphatic heterocycles. The van der Waals surface area contributed by atoms with E-state index in [0.717, 1.165) is 26.2 Å². The fourth-order valence-electron chi connectivity index (χ4n) is 3.02. The molecule has 0 saturated heterocycles. The summed E-state index contributed by atoms with van der Waals surface area (Å²) >= 11 is 1.60. The molecule has 1 aromatic carbocycles. The minimum atomic E-state index is -0.305. The number of fused-ring (bicyclic) bond motifs is 1. The highest BCUT2D eigenvalue weighted by molar-refractivity contribution is 7.15. The van der Waals surface area contributed by atoms with Crippen LogP contribution < -0.4 is 16.7 Å². The molecule has 0 aliphatic rings. The van der Waals surface area contributed by atoms with E-state index in [9.17, 15) is 9.18 Å². The lowest BCUT2D eigenvalue weighted by molar-refractivity contribution is 0.604. The second kappa shape index (κ2) is 9.82. The highest BCUT2D eigenvalue weighted by Gasteiger charge is 2.10. The average molecular weight is 462 g/mol. The molecule has 0 bridgehead atoms. The Morgan fingerprint density at radius 2 is 2.16 bits per heavy atom. The van der Waals surface area contributed by atoms with Crippen molar-refractivity contribution in [2.24, 2.45) is 5.73 Å². The van der Waals surface area contributed by atoms with Gasteiger partial charge in [-0.05, 0) is 35.4 Å². The fraction of sp³-hybridized carbons (Fsp3) is 0.200. The third-order valence-electron chi connectivity index (χ3n) is 4.64. The molecule has 8 nitrogen and oxygen atoms in total. The first-order valence-corrected chi connectivity index (χ1v) is 10.1. The number of nitrogens with zero attached hydrogens (tertiary/aromatic N) is 5. The molecular weight excluding hydrogens is 441 g/mol. The maximum Gasteiger partial charge on any atom is 0.346 e. The molecule has 0 aliphatic carbocycles. The van der Waals surface area contributed by atoms with Crippen LogP contribution in [0.4, 0.5) is 10.3 Å². The second-order valence-electron chi connectivity index (χ2n) is 6.65. The normalized spacial score (nSPS) is 11.5. The van der Waals surface area contributed by atoms with E-state index in [2.05, 4.69) is 20.4 Å². The molecule has 3 heterocycles. The second-order valence-corrected chi connectivity index (χ2v) is 7.82. The van der Waals surface area contributed by atoms with Crippen molar-refractivity contribution < 1.29 is 4.39 Å². The summed E-state index contributed by atoms with van der Waals surface area (Å²) in [7, 11) is 1.78. The molecule has 4 rings (SSSR count). The van der Waals surface area contributed by atoms with Gasteiger partial charge >= 0.3 is 5.69 Å². The topological polar surface area (TPSA) is 104 Å². The van der Waals surface area contributed by atoms with Crippen LogP contribution in [0, 0.1) is 0 Å². The first-order valence-electron chi connectivity index (χ1n) is 9.25. The highest BCUT2D eigenvalue weighted by atomic mass is 35.5. The van der Waals surface area contributed by atoms with Gasteiger partial charge in [-0.3, -0.25) is 4.57 Å². The molecule has 162 valence electrons. The minimum Gasteiger partial charge on any atom is -0.357 e.